The molecule has 0 saturated heterocycles. The van der Waals surface area contributed by atoms with Crippen molar-refractivity contribution in [3.63, 3.8) is 0 Å². The van der Waals surface area contributed by atoms with Crippen molar-refractivity contribution in [1.82, 2.24) is 10.2 Å². The van der Waals surface area contributed by atoms with Crippen molar-refractivity contribution in [1.29, 1.82) is 0 Å². The Bertz CT molecular complexity index is 1060. The number of halogens is 1. The fraction of sp³-hybridized carbons (Fsp3) is 0.414. The number of nitrogens with zero attached hydrogens (tertiary/aromatic N) is 1. The fourth-order valence-corrected chi connectivity index (χ4v) is 4.26. The van der Waals surface area contributed by atoms with Crippen LogP contribution in [0.25, 0.3) is 0 Å². The molecule has 0 spiro atoms. The van der Waals surface area contributed by atoms with Crippen LogP contribution in [0.15, 0.2) is 66.7 Å². The van der Waals surface area contributed by atoms with Gasteiger partial charge in [0.2, 0.25) is 11.8 Å². The predicted octanol–water partition coefficient (Wildman–Crippen LogP) is 3.41. The number of esters is 1. The number of allylic oxidation sites excluding steroid dienone is 2. The van der Waals surface area contributed by atoms with Gasteiger partial charge in [-0.3, -0.25) is 14.4 Å². The molecular formula is C29H35FN2O5. The number of benzene rings is 2. The third kappa shape index (κ3) is 9.13. The molecule has 0 aliphatic carbocycles. The molecule has 1 aliphatic rings. The van der Waals surface area contributed by atoms with E-state index in [1.165, 1.54) is 12.1 Å². The van der Waals surface area contributed by atoms with Gasteiger partial charge in [-0.2, -0.15) is 0 Å². The first-order valence-corrected chi connectivity index (χ1v) is 12.6. The second-order valence-electron chi connectivity index (χ2n) is 9.44. The zero-order valence-corrected chi connectivity index (χ0v) is 21.1. The lowest BCUT2D eigenvalue weighted by atomic mass is 9.94. The van der Waals surface area contributed by atoms with Gasteiger partial charge in [0.25, 0.3) is 0 Å². The third-order valence-electron chi connectivity index (χ3n) is 6.33. The third-order valence-corrected chi connectivity index (χ3v) is 6.33. The summed E-state index contributed by atoms with van der Waals surface area (Å²) >= 11 is 0. The zero-order valence-electron chi connectivity index (χ0n) is 21.1. The van der Waals surface area contributed by atoms with Crippen LogP contribution < -0.4 is 5.32 Å². The quantitative estimate of drug-likeness (QED) is 0.419. The Morgan fingerprint density at radius 3 is 2.38 bits per heavy atom. The SMILES string of the molecule is C[C@@H]1COC(=O)[C@@H](Cc2ccc(F)cc2)C/C=C\C[C@H](CC(=O)N(CCO)Cc2ccccc2)C(=O)N1. The summed E-state index contributed by atoms with van der Waals surface area (Å²) in [4.78, 5) is 40.4. The van der Waals surface area contributed by atoms with Gasteiger partial charge in [0, 0.05) is 19.5 Å². The van der Waals surface area contributed by atoms with E-state index in [1.807, 2.05) is 42.5 Å². The number of cyclic esters (lactones) is 1. The van der Waals surface area contributed by atoms with Gasteiger partial charge in [-0.1, -0.05) is 54.6 Å². The lowest BCUT2D eigenvalue weighted by Crippen LogP contribution is -2.43. The molecule has 0 bridgehead atoms. The van der Waals surface area contributed by atoms with Crippen LogP contribution in [-0.4, -0.2) is 53.6 Å². The highest BCUT2D eigenvalue weighted by Crippen LogP contribution is 2.19. The fourth-order valence-electron chi connectivity index (χ4n) is 4.26. The van der Waals surface area contributed by atoms with Gasteiger partial charge in [-0.05, 0) is 49.4 Å². The first-order chi connectivity index (χ1) is 17.9. The Morgan fingerprint density at radius 1 is 1.03 bits per heavy atom. The first kappa shape index (κ1) is 28.1. The Hall–Kier alpha value is -3.52. The molecule has 2 aromatic carbocycles. The minimum atomic E-state index is -0.603. The summed E-state index contributed by atoms with van der Waals surface area (Å²) in [6, 6.07) is 15.1. The van der Waals surface area contributed by atoms with Gasteiger partial charge < -0.3 is 20.1 Å². The van der Waals surface area contributed by atoms with E-state index in [0.29, 0.717) is 25.8 Å². The van der Waals surface area contributed by atoms with E-state index in [2.05, 4.69) is 5.32 Å². The topological polar surface area (TPSA) is 95.9 Å². The number of aliphatic hydroxyl groups is 1. The molecule has 2 amide bonds. The number of hydrogen-bond donors (Lipinski definition) is 2. The Kier molecular flexibility index (Phi) is 10.8. The first-order valence-electron chi connectivity index (χ1n) is 12.6. The van der Waals surface area contributed by atoms with Crippen molar-refractivity contribution in [3.8, 4) is 0 Å². The number of carbonyl (C=O) groups is 3. The highest BCUT2D eigenvalue weighted by molar-refractivity contribution is 5.86. The molecule has 1 heterocycles. The maximum Gasteiger partial charge on any atom is 0.309 e. The van der Waals surface area contributed by atoms with Crippen LogP contribution in [0.2, 0.25) is 0 Å². The summed E-state index contributed by atoms with van der Waals surface area (Å²) in [5.74, 6) is -2.26. The van der Waals surface area contributed by atoms with E-state index in [0.717, 1.165) is 11.1 Å². The highest BCUT2D eigenvalue weighted by atomic mass is 19.1. The Labute approximate surface area is 217 Å². The van der Waals surface area contributed by atoms with E-state index >= 15 is 0 Å². The molecule has 37 heavy (non-hydrogen) atoms. The molecule has 3 rings (SSSR count). The van der Waals surface area contributed by atoms with Crippen molar-refractivity contribution >= 4 is 17.8 Å². The molecule has 8 heteroatoms. The second kappa shape index (κ2) is 14.3. The lowest BCUT2D eigenvalue weighted by molar-refractivity contribution is -0.149. The summed E-state index contributed by atoms with van der Waals surface area (Å²) in [7, 11) is 0. The van der Waals surface area contributed by atoms with E-state index in [4.69, 9.17) is 4.74 Å². The van der Waals surface area contributed by atoms with Crippen molar-refractivity contribution in [2.24, 2.45) is 11.8 Å². The average molecular weight is 511 g/mol. The number of carbonyl (C=O) groups excluding carboxylic acids is 3. The number of rotatable bonds is 8. The number of aliphatic hydroxyl groups excluding tert-OH is 1. The van der Waals surface area contributed by atoms with Gasteiger partial charge >= 0.3 is 5.97 Å². The molecule has 1 aliphatic heterocycles. The van der Waals surface area contributed by atoms with Crippen molar-refractivity contribution < 1.29 is 28.6 Å². The van der Waals surface area contributed by atoms with Crippen LogP contribution >= 0.6 is 0 Å². The highest BCUT2D eigenvalue weighted by Gasteiger charge is 2.27. The van der Waals surface area contributed by atoms with Crippen LogP contribution in [0.3, 0.4) is 0 Å². The van der Waals surface area contributed by atoms with Gasteiger partial charge in [0.05, 0.1) is 24.5 Å². The van der Waals surface area contributed by atoms with Crippen LogP contribution in [-0.2, 0) is 32.1 Å². The maximum absolute atomic E-state index is 13.3. The van der Waals surface area contributed by atoms with Gasteiger partial charge in [0.15, 0.2) is 0 Å². The molecule has 0 fully saturated rings. The van der Waals surface area contributed by atoms with Gasteiger partial charge in [-0.15, -0.1) is 0 Å². The molecule has 0 saturated carbocycles. The summed E-state index contributed by atoms with van der Waals surface area (Å²) < 4.78 is 18.7. The van der Waals surface area contributed by atoms with Crippen LogP contribution in [0.4, 0.5) is 4.39 Å². The van der Waals surface area contributed by atoms with Crippen LogP contribution in [0.5, 0.6) is 0 Å². The number of nitrogens with one attached hydrogen (secondary N) is 1. The standard InChI is InChI=1S/C29H35FN2O5/c1-21-20-37-29(36)25(17-22-11-13-26(30)14-12-22)10-6-5-9-24(28(35)31-21)18-27(34)32(15-16-33)19-23-7-3-2-4-8-23/h2-8,11-14,21,24-25,33H,9-10,15-20H2,1H3,(H,31,35)/b6-5-/t21-,24-,25-/m1/s1. The maximum atomic E-state index is 13.3. The number of hydrogen-bond acceptors (Lipinski definition) is 5. The normalized spacial score (nSPS) is 21.6. The summed E-state index contributed by atoms with van der Waals surface area (Å²) in [5.41, 5.74) is 1.77. The monoisotopic (exact) mass is 510 g/mol. The van der Waals surface area contributed by atoms with E-state index in [-0.39, 0.29) is 49.8 Å². The number of amides is 2. The summed E-state index contributed by atoms with van der Waals surface area (Å²) in [6.45, 7) is 2.11. The van der Waals surface area contributed by atoms with Crippen LogP contribution in [0, 0.1) is 17.7 Å². The Balaban J connectivity index is 1.70. The van der Waals surface area contributed by atoms with E-state index in [9.17, 15) is 23.9 Å². The van der Waals surface area contributed by atoms with Crippen molar-refractivity contribution in [3.05, 3.63) is 83.7 Å². The zero-order chi connectivity index (χ0) is 26.6. The van der Waals surface area contributed by atoms with Crippen molar-refractivity contribution in [2.45, 2.75) is 45.2 Å². The molecule has 2 aromatic rings. The minimum Gasteiger partial charge on any atom is -0.463 e. The van der Waals surface area contributed by atoms with E-state index < -0.39 is 17.9 Å². The average Bonchev–Trinajstić information content (AvgIpc) is 2.89. The van der Waals surface area contributed by atoms with Gasteiger partial charge in [-0.25, -0.2) is 4.39 Å². The summed E-state index contributed by atoms with van der Waals surface area (Å²) in [6.07, 6.45) is 4.79. The lowest BCUT2D eigenvalue weighted by Gasteiger charge is -2.25. The van der Waals surface area contributed by atoms with E-state index in [1.54, 1.807) is 24.0 Å². The molecular weight excluding hydrogens is 475 g/mol. The van der Waals surface area contributed by atoms with Crippen LogP contribution in [0.1, 0.15) is 37.3 Å². The largest absolute Gasteiger partial charge is 0.463 e. The smallest absolute Gasteiger partial charge is 0.309 e. The van der Waals surface area contributed by atoms with Gasteiger partial charge in [0.1, 0.15) is 12.4 Å². The summed E-state index contributed by atoms with van der Waals surface area (Å²) in [5, 5.41) is 12.3. The Morgan fingerprint density at radius 2 is 1.70 bits per heavy atom. The molecule has 7 nitrogen and oxygen atoms in total. The molecule has 0 aromatic heterocycles. The van der Waals surface area contributed by atoms with Crippen molar-refractivity contribution in [2.75, 3.05) is 19.8 Å². The molecule has 0 radical (unpaired) electrons. The molecule has 2 N–H and O–H groups in total. The molecule has 3 atom stereocenters. The minimum absolute atomic E-state index is 0.00543. The number of ether oxygens (including phenoxy) is 1. The second-order valence-corrected chi connectivity index (χ2v) is 9.44. The predicted molar refractivity (Wildman–Crippen MR) is 138 cm³/mol. The molecule has 0 unspecified atom stereocenters. The molecule has 198 valence electrons.